The lowest BCUT2D eigenvalue weighted by molar-refractivity contribution is -0.139. The minimum atomic E-state index is -1.30. The third kappa shape index (κ3) is 3.87. The van der Waals surface area contributed by atoms with E-state index in [0.717, 1.165) is 0 Å². The van der Waals surface area contributed by atoms with Crippen LogP contribution in [-0.2, 0) is 4.79 Å². The summed E-state index contributed by atoms with van der Waals surface area (Å²) < 4.78 is 39.1. The van der Waals surface area contributed by atoms with Crippen molar-refractivity contribution in [2.45, 2.75) is 19.4 Å². The molecule has 0 heterocycles. The fraction of sp³-hybridized carbons (Fsp3) is 0.273. The second kappa shape index (κ2) is 6.07. The Balaban J connectivity index is 2.80. The summed E-state index contributed by atoms with van der Waals surface area (Å²) in [5.74, 6) is -5.00. The third-order valence-electron chi connectivity index (χ3n) is 2.26. The summed E-state index contributed by atoms with van der Waals surface area (Å²) in [7, 11) is 0. The van der Waals surface area contributed by atoms with Crippen molar-refractivity contribution in [2.24, 2.45) is 0 Å². The molecule has 1 atom stereocenters. The molecule has 0 aliphatic carbocycles. The van der Waals surface area contributed by atoms with Gasteiger partial charge in [0.15, 0.2) is 11.6 Å². The predicted molar refractivity (Wildman–Crippen MR) is 60.2 cm³/mol. The van der Waals surface area contributed by atoms with Crippen LogP contribution in [0.2, 0.25) is 0 Å². The Morgan fingerprint density at radius 1 is 1.26 bits per heavy atom. The molecule has 0 bridgehead atoms. The maximum Gasteiger partial charge on any atom is 0.326 e. The van der Waals surface area contributed by atoms with E-state index in [2.05, 4.69) is 0 Å². The molecule has 0 aliphatic rings. The highest BCUT2D eigenvalue weighted by Gasteiger charge is 2.19. The molecular weight excluding hydrogens is 265 g/mol. The Labute approximate surface area is 106 Å². The summed E-state index contributed by atoms with van der Waals surface area (Å²) in [6, 6.07) is -1.49. The maximum absolute atomic E-state index is 13.2. The first-order chi connectivity index (χ1) is 8.85. The van der Waals surface area contributed by atoms with Crippen LogP contribution in [0.4, 0.5) is 23.7 Å². The molecule has 1 aromatic carbocycles. The first-order valence-electron chi connectivity index (χ1n) is 5.30. The van der Waals surface area contributed by atoms with Gasteiger partial charge in [0.1, 0.15) is 17.5 Å². The van der Waals surface area contributed by atoms with Gasteiger partial charge in [-0.2, -0.15) is 0 Å². The molecule has 1 aromatic rings. The van der Waals surface area contributed by atoms with E-state index >= 15 is 0 Å². The van der Waals surface area contributed by atoms with Crippen molar-refractivity contribution in [3.05, 3.63) is 29.6 Å². The second-order valence-corrected chi connectivity index (χ2v) is 3.64. The van der Waals surface area contributed by atoms with Crippen molar-refractivity contribution in [1.29, 1.82) is 0 Å². The van der Waals surface area contributed by atoms with Crippen LogP contribution in [0, 0.1) is 17.5 Å². The smallest absolute Gasteiger partial charge is 0.326 e. The Morgan fingerprint density at radius 2 is 1.79 bits per heavy atom. The molecule has 1 rings (SSSR count). The highest BCUT2D eigenvalue weighted by molar-refractivity contribution is 5.92. The van der Waals surface area contributed by atoms with Crippen molar-refractivity contribution >= 4 is 17.7 Å². The van der Waals surface area contributed by atoms with Crippen molar-refractivity contribution < 1.29 is 27.9 Å². The molecule has 0 fully saturated rings. The number of halogens is 3. The lowest BCUT2D eigenvalue weighted by Gasteiger charge is -2.13. The van der Waals surface area contributed by atoms with Crippen molar-refractivity contribution in [3.8, 4) is 0 Å². The molecular formula is C11H11F3N2O3. The number of carboxylic acids is 1. The highest BCUT2D eigenvalue weighted by Crippen LogP contribution is 2.19. The summed E-state index contributed by atoms with van der Waals surface area (Å²) in [6.07, 6.45) is 0.0944. The van der Waals surface area contributed by atoms with Crippen LogP contribution in [0.15, 0.2) is 12.1 Å². The van der Waals surface area contributed by atoms with Crippen molar-refractivity contribution in [1.82, 2.24) is 5.32 Å². The van der Waals surface area contributed by atoms with E-state index in [-0.39, 0.29) is 6.42 Å². The first-order valence-corrected chi connectivity index (χ1v) is 5.30. The van der Waals surface area contributed by atoms with Crippen LogP contribution in [0.3, 0.4) is 0 Å². The molecule has 0 spiro atoms. The van der Waals surface area contributed by atoms with Gasteiger partial charge in [-0.3, -0.25) is 0 Å². The molecule has 0 saturated carbocycles. The number of rotatable bonds is 4. The summed E-state index contributed by atoms with van der Waals surface area (Å²) in [4.78, 5) is 22.0. The van der Waals surface area contributed by atoms with Gasteiger partial charge in [0.25, 0.3) is 0 Å². The van der Waals surface area contributed by atoms with Crippen LogP contribution < -0.4 is 10.6 Å². The molecule has 8 heteroatoms. The summed E-state index contributed by atoms with van der Waals surface area (Å²) in [6.45, 7) is 1.51. The third-order valence-corrected chi connectivity index (χ3v) is 2.26. The number of carboxylic acid groups (broad SMARTS) is 1. The number of nitrogens with one attached hydrogen (secondary N) is 2. The minimum absolute atomic E-state index is 0.0944. The maximum atomic E-state index is 13.2. The number of carbonyl (C=O) groups excluding carboxylic acids is 1. The molecule has 0 radical (unpaired) electrons. The van der Waals surface area contributed by atoms with E-state index in [1.807, 2.05) is 5.32 Å². The van der Waals surface area contributed by atoms with E-state index < -0.39 is 41.2 Å². The highest BCUT2D eigenvalue weighted by atomic mass is 19.1. The molecule has 104 valence electrons. The number of anilines is 1. The molecule has 0 saturated heterocycles. The Kier molecular flexibility index (Phi) is 4.74. The minimum Gasteiger partial charge on any atom is -0.480 e. The number of amides is 2. The van der Waals surface area contributed by atoms with E-state index in [4.69, 9.17) is 5.11 Å². The van der Waals surface area contributed by atoms with E-state index in [1.54, 1.807) is 5.32 Å². The number of benzene rings is 1. The zero-order valence-corrected chi connectivity index (χ0v) is 9.84. The number of hydrogen-bond acceptors (Lipinski definition) is 2. The van der Waals surface area contributed by atoms with E-state index in [0.29, 0.717) is 12.1 Å². The second-order valence-electron chi connectivity index (χ2n) is 3.64. The van der Waals surface area contributed by atoms with E-state index in [9.17, 15) is 22.8 Å². The number of hydrogen-bond donors (Lipinski definition) is 3. The van der Waals surface area contributed by atoms with Gasteiger partial charge < -0.3 is 15.7 Å². The molecule has 19 heavy (non-hydrogen) atoms. The number of carbonyl (C=O) groups is 2. The molecule has 3 N–H and O–H groups in total. The fourth-order valence-electron chi connectivity index (χ4n) is 1.31. The molecule has 0 aliphatic heterocycles. The zero-order chi connectivity index (χ0) is 14.6. The Hall–Kier alpha value is -2.25. The average molecular weight is 276 g/mol. The van der Waals surface area contributed by atoms with Crippen LogP contribution in [0.1, 0.15) is 13.3 Å². The van der Waals surface area contributed by atoms with Crippen LogP contribution in [0.5, 0.6) is 0 Å². The average Bonchev–Trinajstić information content (AvgIpc) is 2.30. The lowest BCUT2D eigenvalue weighted by Crippen LogP contribution is -2.42. The van der Waals surface area contributed by atoms with Gasteiger partial charge in [-0.25, -0.2) is 22.8 Å². The normalized spacial score (nSPS) is 11.8. The zero-order valence-electron chi connectivity index (χ0n) is 9.84. The van der Waals surface area contributed by atoms with Gasteiger partial charge in [0.05, 0.1) is 0 Å². The van der Waals surface area contributed by atoms with Gasteiger partial charge in [0, 0.05) is 12.1 Å². The van der Waals surface area contributed by atoms with Crippen LogP contribution in [0.25, 0.3) is 0 Å². The predicted octanol–water partition coefficient (Wildman–Crippen LogP) is 2.09. The Bertz CT molecular complexity index is 485. The molecule has 2 amide bonds. The number of aliphatic carboxylic acids is 1. The molecule has 0 aromatic heterocycles. The SMILES string of the molecule is CC[C@@H](NC(=O)Nc1c(F)cc(F)cc1F)C(=O)O. The van der Waals surface area contributed by atoms with Crippen LogP contribution in [-0.4, -0.2) is 23.1 Å². The molecule has 0 unspecified atom stereocenters. The Morgan fingerprint density at radius 3 is 2.21 bits per heavy atom. The topological polar surface area (TPSA) is 78.4 Å². The summed E-state index contributed by atoms with van der Waals surface area (Å²) in [5, 5.41) is 12.5. The van der Waals surface area contributed by atoms with Crippen molar-refractivity contribution in [3.63, 3.8) is 0 Å². The van der Waals surface area contributed by atoms with E-state index in [1.165, 1.54) is 6.92 Å². The standard InChI is InChI=1S/C11H11F3N2O3/c1-2-8(10(17)18)15-11(19)16-9-6(13)3-5(12)4-7(9)14/h3-4,8H,2H2,1H3,(H,17,18)(H2,15,16,19)/t8-/m1/s1. The van der Waals surface area contributed by atoms with Crippen molar-refractivity contribution in [2.75, 3.05) is 5.32 Å². The monoisotopic (exact) mass is 276 g/mol. The van der Waals surface area contributed by atoms with Gasteiger partial charge in [0.2, 0.25) is 0 Å². The summed E-state index contributed by atoms with van der Waals surface area (Å²) in [5.41, 5.74) is -0.848. The van der Waals surface area contributed by atoms with Gasteiger partial charge in [-0.1, -0.05) is 6.92 Å². The summed E-state index contributed by atoms with van der Waals surface area (Å²) >= 11 is 0. The van der Waals surface area contributed by atoms with Gasteiger partial charge in [-0.15, -0.1) is 0 Å². The van der Waals surface area contributed by atoms with Gasteiger partial charge in [-0.05, 0) is 6.42 Å². The molecule has 5 nitrogen and oxygen atoms in total. The van der Waals surface area contributed by atoms with Gasteiger partial charge >= 0.3 is 12.0 Å². The quantitative estimate of drug-likeness (QED) is 0.788. The number of urea groups is 1. The fourth-order valence-corrected chi connectivity index (χ4v) is 1.31. The van der Waals surface area contributed by atoms with Crippen LogP contribution >= 0.6 is 0 Å². The first kappa shape index (κ1) is 14.8. The largest absolute Gasteiger partial charge is 0.480 e. The lowest BCUT2D eigenvalue weighted by atomic mass is 10.2.